The molecule has 12 heavy (non-hydrogen) atoms. The predicted octanol–water partition coefficient (Wildman–Crippen LogP) is 1.66. The Balaban J connectivity index is 2.81. The molecular formula is C9H12N2O. The third-order valence-electron chi connectivity index (χ3n) is 1.56. The molecule has 0 atom stereocenters. The van der Waals surface area contributed by atoms with Crippen molar-refractivity contribution in [3.63, 3.8) is 0 Å². The molecule has 0 bridgehead atoms. The molecule has 0 fully saturated rings. The molecule has 1 aromatic heterocycles. The number of ketones is 1. The molecule has 0 saturated heterocycles. The van der Waals surface area contributed by atoms with Crippen LogP contribution in [0.25, 0.3) is 0 Å². The number of allylic oxidation sites excluding steroid dienone is 2. The van der Waals surface area contributed by atoms with Crippen LogP contribution >= 0.6 is 0 Å². The first-order chi connectivity index (χ1) is 5.77. The number of rotatable bonds is 3. The summed E-state index contributed by atoms with van der Waals surface area (Å²) < 4.78 is 1.73. The fourth-order valence-electron chi connectivity index (χ4n) is 0.911. The third-order valence-corrected chi connectivity index (χ3v) is 1.56. The molecule has 1 heterocycles. The van der Waals surface area contributed by atoms with Crippen molar-refractivity contribution >= 4 is 5.78 Å². The Morgan fingerprint density at radius 3 is 3.00 bits per heavy atom. The Hall–Kier alpha value is -1.38. The Morgan fingerprint density at radius 2 is 2.50 bits per heavy atom. The van der Waals surface area contributed by atoms with Gasteiger partial charge in [0.1, 0.15) is 0 Å². The summed E-state index contributed by atoms with van der Waals surface area (Å²) in [7, 11) is 0. The first kappa shape index (κ1) is 8.71. The minimum atomic E-state index is 0.0113. The van der Waals surface area contributed by atoms with E-state index < -0.39 is 0 Å². The highest BCUT2D eigenvalue weighted by Gasteiger charge is 2.02. The van der Waals surface area contributed by atoms with Gasteiger partial charge in [-0.3, -0.25) is 9.48 Å². The maximum atomic E-state index is 11.2. The minimum Gasteiger partial charge on any atom is -0.289 e. The molecule has 64 valence electrons. The molecule has 0 spiro atoms. The van der Waals surface area contributed by atoms with Gasteiger partial charge in [0.15, 0.2) is 5.78 Å². The molecular weight excluding hydrogens is 152 g/mol. The van der Waals surface area contributed by atoms with Gasteiger partial charge in [0, 0.05) is 12.7 Å². The van der Waals surface area contributed by atoms with Crippen molar-refractivity contribution in [1.82, 2.24) is 9.78 Å². The molecule has 0 aliphatic heterocycles. The van der Waals surface area contributed by atoms with Gasteiger partial charge in [-0.05, 0) is 19.9 Å². The van der Waals surface area contributed by atoms with E-state index in [9.17, 15) is 4.79 Å². The molecule has 0 aliphatic carbocycles. The summed E-state index contributed by atoms with van der Waals surface area (Å²) in [5, 5.41) is 4.00. The summed E-state index contributed by atoms with van der Waals surface area (Å²) in [5.41, 5.74) is 0.648. The van der Waals surface area contributed by atoms with E-state index in [1.54, 1.807) is 23.2 Å². The van der Waals surface area contributed by atoms with Crippen LogP contribution in [-0.2, 0) is 6.54 Å². The fourth-order valence-corrected chi connectivity index (χ4v) is 0.911. The molecule has 1 rings (SSSR count). The normalized spacial score (nSPS) is 10.8. The summed E-state index contributed by atoms with van der Waals surface area (Å²) >= 11 is 0. The van der Waals surface area contributed by atoms with Crippen LogP contribution in [0.4, 0.5) is 0 Å². The van der Waals surface area contributed by atoms with Crippen molar-refractivity contribution in [3.8, 4) is 0 Å². The molecule has 3 nitrogen and oxygen atoms in total. The van der Waals surface area contributed by atoms with Crippen molar-refractivity contribution in [3.05, 3.63) is 30.1 Å². The molecule has 1 aromatic rings. The standard InChI is InChI=1S/C9H12N2O/c1-3-5-9(12)8-6-10-11(4-2)7-8/h3,5-7H,4H2,1-2H3/b5-3+. The molecule has 0 unspecified atom stereocenters. The number of hydrogen-bond acceptors (Lipinski definition) is 2. The van der Waals surface area contributed by atoms with E-state index in [-0.39, 0.29) is 5.78 Å². The summed E-state index contributed by atoms with van der Waals surface area (Å²) in [6.45, 7) is 4.60. The quantitative estimate of drug-likeness (QED) is 0.503. The van der Waals surface area contributed by atoms with Crippen LogP contribution in [0.1, 0.15) is 24.2 Å². The van der Waals surface area contributed by atoms with Gasteiger partial charge in [0.2, 0.25) is 0 Å². The zero-order valence-corrected chi connectivity index (χ0v) is 7.32. The lowest BCUT2D eigenvalue weighted by molar-refractivity contribution is 0.104. The average molecular weight is 164 g/mol. The van der Waals surface area contributed by atoms with Crippen molar-refractivity contribution in [2.24, 2.45) is 0 Å². The van der Waals surface area contributed by atoms with Crippen molar-refractivity contribution < 1.29 is 4.79 Å². The van der Waals surface area contributed by atoms with E-state index in [1.165, 1.54) is 6.08 Å². The summed E-state index contributed by atoms with van der Waals surface area (Å²) in [6.07, 6.45) is 6.61. The van der Waals surface area contributed by atoms with Crippen molar-refractivity contribution in [2.75, 3.05) is 0 Å². The largest absolute Gasteiger partial charge is 0.289 e. The second-order valence-corrected chi connectivity index (χ2v) is 2.45. The van der Waals surface area contributed by atoms with Gasteiger partial charge in [0.25, 0.3) is 0 Å². The van der Waals surface area contributed by atoms with Crippen LogP contribution in [-0.4, -0.2) is 15.6 Å². The number of aryl methyl sites for hydroxylation is 1. The first-order valence-corrected chi connectivity index (χ1v) is 3.97. The Kier molecular flexibility index (Phi) is 2.80. The van der Waals surface area contributed by atoms with Gasteiger partial charge in [0.05, 0.1) is 11.8 Å². The Bertz CT molecular complexity index is 299. The zero-order chi connectivity index (χ0) is 8.97. The number of nitrogens with zero attached hydrogens (tertiary/aromatic N) is 2. The zero-order valence-electron chi connectivity index (χ0n) is 7.32. The highest BCUT2D eigenvalue weighted by molar-refractivity contribution is 6.04. The topological polar surface area (TPSA) is 34.9 Å². The molecule has 0 radical (unpaired) electrons. The second-order valence-electron chi connectivity index (χ2n) is 2.45. The number of carbonyl (C=O) groups is 1. The predicted molar refractivity (Wildman–Crippen MR) is 47.0 cm³/mol. The van der Waals surface area contributed by atoms with E-state index in [2.05, 4.69) is 5.10 Å². The van der Waals surface area contributed by atoms with Gasteiger partial charge >= 0.3 is 0 Å². The van der Waals surface area contributed by atoms with E-state index in [1.807, 2.05) is 13.8 Å². The molecule has 0 aromatic carbocycles. The SMILES string of the molecule is C/C=C/C(=O)c1cnn(CC)c1. The van der Waals surface area contributed by atoms with E-state index >= 15 is 0 Å². The summed E-state index contributed by atoms with van der Waals surface area (Å²) in [4.78, 5) is 11.2. The van der Waals surface area contributed by atoms with Gasteiger partial charge < -0.3 is 0 Å². The molecule has 0 amide bonds. The average Bonchev–Trinajstić information content (AvgIpc) is 2.52. The molecule has 0 N–H and O–H groups in total. The van der Waals surface area contributed by atoms with Crippen LogP contribution in [0.2, 0.25) is 0 Å². The first-order valence-electron chi connectivity index (χ1n) is 3.97. The minimum absolute atomic E-state index is 0.0113. The number of hydrogen-bond donors (Lipinski definition) is 0. The van der Waals surface area contributed by atoms with Crippen molar-refractivity contribution in [1.29, 1.82) is 0 Å². The lowest BCUT2D eigenvalue weighted by atomic mass is 10.2. The Labute approximate surface area is 71.7 Å². The molecule has 0 aliphatic rings. The lowest BCUT2D eigenvalue weighted by Crippen LogP contribution is -1.94. The van der Waals surface area contributed by atoms with Crippen molar-refractivity contribution in [2.45, 2.75) is 20.4 Å². The van der Waals surface area contributed by atoms with Crippen LogP contribution < -0.4 is 0 Å². The molecule has 0 saturated carbocycles. The van der Waals surface area contributed by atoms with E-state index in [4.69, 9.17) is 0 Å². The maximum Gasteiger partial charge on any atom is 0.188 e. The number of carbonyl (C=O) groups excluding carboxylic acids is 1. The number of aromatic nitrogens is 2. The van der Waals surface area contributed by atoms with Crippen LogP contribution in [0.3, 0.4) is 0 Å². The molecule has 3 heteroatoms. The van der Waals surface area contributed by atoms with Crippen LogP contribution in [0.5, 0.6) is 0 Å². The highest BCUT2D eigenvalue weighted by atomic mass is 16.1. The highest BCUT2D eigenvalue weighted by Crippen LogP contribution is 1.99. The fraction of sp³-hybridized carbons (Fsp3) is 0.333. The summed E-state index contributed by atoms with van der Waals surface area (Å²) in [5.74, 6) is 0.0113. The summed E-state index contributed by atoms with van der Waals surface area (Å²) in [6, 6.07) is 0. The Morgan fingerprint density at radius 1 is 1.75 bits per heavy atom. The monoisotopic (exact) mass is 164 g/mol. The van der Waals surface area contributed by atoms with Gasteiger partial charge in [-0.2, -0.15) is 5.10 Å². The van der Waals surface area contributed by atoms with Gasteiger partial charge in [-0.1, -0.05) is 6.08 Å². The van der Waals surface area contributed by atoms with Gasteiger partial charge in [-0.15, -0.1) is 0 Å². The van der Waals surface area contributed by atoms with E-state index in [0.717, 1.165) is 6.54 Å². The van der Waals surface area contributed by atoms with Crippen LogP contribution in [0, 0.1) is 0 Å². The maximum absolute atomic E-state index is 11.2. The second kappa shape index (κ2) is 3.85. The third kappa shape index (κ3) is 1.81. The van der Waals surface area contributed by atoms with E-state index in [0.29, 0.717) is 5.56 Å². The smallest absolute Gasteiger partial charge is 0.188 e. The lowest BCUT2D eigenvalue weighted by Gasteiger charge is -1.89. The van der Waals surface area contributed by atoms with Gasteiger partial charge in [-0.25, -0.2) is 0 Å². The van der Waals surface area contributed by atoms with Crippen LogP contribution in [0.15, 0.2) is 24.5 Å².